The molecule has 0 bridgehead atoms. The third-order valence-electron chi connectivity index (χ3n) is 4.85. The highest BCUT2D eigenvalue weighted by molar-refractivity contribution is 6.31. The van der Waals surface area contributed by atoms with Crippen molar-refractivity contribution >= 4 is 23.2 Å². The summed E-state index contributed by atoms with van der Waals surface area (Å²) in [6.07, 6.45) is 0.375. The van der Waals surface area contributed by atoms with E-state index in [0.29, 0.717) is 34.4 Å². The van der Waals surface area contributed by atoms with E-state index in [2.05, 4.69) is 9.80 Å². The molecule has 1 N–H and O–H groups in total. The SMILES string of the molecule is OC(COc1ccc(Cl)cc1)CN1CCCN(Cc2c(F)cccc2Cl)CC1. The molecule has 2 aromatic carbocycles. The Morgan fingerprint density at radius 2 is 1.71 bits per heavy atom. The number of rotatable bonds is 7. The number of ether oxygens (including phenoxy) is 1. The maximum atomic E-state index is 14.0. The lowest BCUT2D eigenvalue weighted by Crippen LogP contribution is -2.38. The van der Waals surface area contributed by atoms with Crippen LogP contribution in [0.4, 0.5) is 4.39 Å². The first-order valence-electron chi connectivity index (χ1n) is 9.45. The minimum atomic E-state index is -0.580. The number of halogens is 3. The van der Waals surface area contributed by atoms with Gasteiger partial charge in [0.25, 0.3) is 0 Å². The van der Waals surface area contributed by atoms with Gasteiger partial charge in [-0.25, -0.2) is 4.39 Å². The molecule has 1 saturated heterocycles. The predicted octanol–water partition coefficient (Wildman–Crippen LogP) is 4.08. The van der Waals surface area contributed by atoms with Crippen LogP contribution in [0.2, 0.25) is 10.0 Å². The third-order valence-corrected chi connectivity index (χ3v) is 5.46. The maximum absolute atomic E-state index is 14.0. The molecule has 0 radical (unpaired) electrons. The first kappa shape index (κ1) is 21.3. The van der Waals surface area contributed by atoms with Crippen LogP contribution in [0.15, 0.2) is 42.5 Å². The highest BCUT2D eigenvalue weighted by Gasteiger charge is 2.19. The van der Waals surface area contributed by atoms with Crippen LogP contribution in [0.3, 0.4) is 0 Å². The molecule has 1 aliphatic heterocycles. The van der Waals surface area contributed by atoms with Crippen molar-refractivity contribution in [3.63, 3.8) is 0 Å². The van der Waals surface area contributed by atoms with Gasteiger partial charge in [0, 0.05) is 41.8 Å². The van der Waals surface area contributed by atoms with Crippen molar-refractivity contribution in [2.45, 2.75) is 19.1 Å². The zero-order valence-electron chi connectivity index (χ0n) is 15.7. The van der Waals surface area contributed by atoms with Crippen LogP contribution in [-0.2, 0) is 6.54 Å². The van der Waals surface area contributed by atoms with E-state index in [9.17, 15) is 9.50 Å². The standard InChI is InChI=1S/C21H25Cl2FN2O2/c22-16-5-7-18(8-6-16)28-15-17(27)13-25-9-2-10-26(12-11-25)14-19-20(23)3-1-4-21(19)24/h1,3-8,17,27H,2,9-15H2. The molecule has 1 unspecified atom stereocenters. The van der Waals surface area contributed by atoms with E-state index >= 15 is 0 Å². The predicted molar refractivity (Wildman–Crippen MR) is 111 cm³/mol. The Labute approximate surface area is 175 Å². The van der Waals surface area contributed by atoms with E-state index in [4.69, 9.17) is 27.9 Å². The van der Waals surface area contributed by atoms with Crippen LogP contribution in [0.5, 0.6) is 5.75 Å². The van der Waals surface area contributed by atoms with Gasteiger partial charge in [-0.3, -0.25) is 9.80 Å². The molecule has 28 heavy (non-hydrogen) atoms. The second-order valence-electron chi connectivity index (χ2n) is 7.05. The van der Waals surface area contributed by atoms with Crippen molar-refractivity contribution < 1.29 is 14.2 Å². The summed E-state index contributed by atoms with van der Waals surface area (Å²) >= 11 is 12.0. The van der Waals surface area contributed by atoms with E-state index in [1.165, 1.54) is 6.07 Å². The third kappa shape index (κ3) is 6.33. The molecule has 0 aliphatic carbocycles. The normalized spacial score (nSPS) is 17.3. The summed E-state index contributed by atoms with van der Waals surface area (Å²) in [7, 11) is 0. The first-order chi connectivity index (χ1) is 13.5. The lowest BCUT2D eigenvalue weighted by molar-refractivity contribution is 0.0692. The average Bonchev–Trinajstić information content (AvgIpc) is 2.89. The van der Waals surface area contributed by atoms with E-state index in [-0.39, 0.29) is 12.4 Å². The molecule has 1 fully saturated rings. The van der Waals surface area contributed by atoms with Crippen LogP contribution in [-0.4, -0.2) is 60.3 Å². The molecule has 3 rings (SSSR count). The second kappa shape index (κ2) is 10.4. The molecule has 0 aromatic heterocycles. The van der Waals surface area contributed by atoms with Gasteiger partial charge < -0.3 is 9.84 Å². The number of β-amino-alcohol motifs (C(OH)–C–C–N with tert-alkyl or cyclic N) is 1. The van der Waals surface area contributed by atoms with Gasteiger partial charge in [-0.2, -0.15) is 0 Å². The van der Waals surface area contributed by atoms with E-state index < -0.39 is 6.10 Å². The van der Waals surface area contributed by atoms with Gasteiger partial charge in [-0.1, -0.05) is 29.3 Å². The van der Waals surface area contributed by atoms with Crippen molar-refractivity contribution in [1.29, 1.82) is 0 Å². The lowest BCUT2D eigenvalue weighted by Gasteiger charge is -2.24. The molecule has 1 heterocycles. The van der Waals surface area contributed by atoms with Gasteiger partial charge in [0.05, 0.1) is 0 Å². The summed E-state index contributed by atoms with van der Waals surface area (Å²) in [6.45, 7) is 4.65. The number of hydrogen-bond donors (Lipinski definition) is 1. The van der Waals surface area contributed by atoms with Gasteiger partial charge in [-0.05, 0) is 55.9 Å². The molecule has 152 valence electrons. The summed E-state index contributed by atoms with van der Waals surface area (Å²) < 4.78 is 19.6. The Morgan fingerprint density at radius 3 is 2.46 bits per heavy atom. The van der Waals surface area contributed by atoms with Crippen LogP contribution in [0.1, 0.15) is 12.0 Å². The van der Waals surface area contributed by atoms with Crippen molar-refractivity contribution in [3.05, 3.63) is 63.9 Å². The maximum Gasteiger partial charge on any atom is 0.129 e. The lowest BCUT2D eigenvalue weighted by atomic mass is 10.2. The number of aliphatic hydroxyl groups is 1. The Bertz CT molecular complexity index is 740. The van der Waals surface area contributed by atoms with Gasteiger partial charge in [-0.15, -0.1) is 0 Å². The monoisotopic (exact) mass is 426 g/mol. The highest BCUT2D eigenvalue weighted by Crippen LogP contribution is 2.21. The zero-order chi connectivity index (χ0) is 19.9. The first-order valence-corrected chi connectivity index (χ1v) is 10.2. The zero-order valence-corrected chi connectivity index (χ0v) is 17.2. The molecule has 1 aliphatic rings. The summed E-state index contributed by atoms with van der Waals surface area (Å²) in [6, 6.07) is 11.9. The fourth-order valence-electron chi connectivity index (χ4n) is 3.35. The van der Waals surface area contributed by atoms with Gasteiger partial charge in [0.1, 0.15) is 24.3 Å². The van der Waals surface area contributed by atoms with Crippen molar-refractivity contribution in [2.75, 3.05) is 39.3 Å². The summed E-state index contributed by atoms with van der Waals surface area (Å²) in [5, 5.41) is 11.4. The molecular formula is C21H25Cl2FN2O2. The fraction of sp³-hybridized carbons (Fsp3) is 0.429. The Morgan fingerprint density at radius 1 is 1.00 bits per heavy atom. The van der Waals surface area contributed by atoms with Crippen molar-refractivity contribution in [1.82, 2.24) is 9.80 Å². The Kier molecular flexibility index (Phi) is 7.94. The van der Waals surface area contributed by atoms with E-state index in [0.717, 1.165) is 32.6 Å². The summed E-state index contributed by atoms with van der Waals surface area (Å²) in [4.78, 5) is 4.43. The molecule has 7 heteroatoms. The minimum absolute atomic E-state index is 0.229. The van der Waals surface area contributed by atoms with Gasteiger partial charge in [0.15, 0.2) is 0 Å². The molecule has 1 atom stereocenters. The number of benzene rings is 2. The Hall–Kier alpha value is -1.37. The summed E-state index contributed by atoms with van der Waals surface area (Å²) in [5.41, 5.74) is 0.550. The Balaban J connectivity index is 1.45. The minimum Gasteiger partial charge on any atom is -0.491 e. The quantitative estimate of drug-likeness (QED) is 0.723. The summed E-state index contributed by atoms with van der Waals surface area (Å²) in [5.74, 6) is 0.427. The van der Waals surface area contributed by atoms with Gasteiger partial charge in [0.2, 0.25) is 0 Å². The molecule has 0 amide bonds. The number of nitrogens with zero attached hydrogens (tertiary/aromatic N) is 2. The van der Waals surface area contributed by atoms with E-state index in [1.807, 2.05) is 0 Å². The van der Waals surface area contributed by atoms with Crippen LogP contribution in [0.25, 0.3) is 0 Å². The largest absolute Gasteiger partial charge is 0.491 e. The number of aliphatic hydroxyl groups excluding tert-OH is 1. The molecule has 0 saturated carbocycles. The second-order valence-corrected chi connectivity index (χ2v) is 7.89. The fourth-order valence-corrected chi connectivity index (χ4v) is 3.69. The topological polar surface area (TPSA) is 35.9 Å². The van der Waals surface area contributed by atoms with E-state index in [1.54, 1.807) is 36.4 Å². The molecule has 0 spiro atoms. The van der Waals surface area contributed by atoms with Crippen LogP contribution < -0.4 is 4.74 Å². The highest BCUT2D eigenvalue weighted by atomic mass is 35.5. The van der Waals surface area contributed by atoms with Crippen molar-refractivity contribution in [3.8, 4) is 5.75 Å². The molecule has 2 aromatic rings. The number of hydrogen-bond acceptors (Lipinski definition) is 4. The van der Waals surface area contributed by atoms with Crippen LogP contribution in [0, 0.1) is 5.82 Å². The average molecular weight is 427 g/mol. The van der Waals surface area contributed by atoms with Crippen LogP contribution >= 0.6 is 23.2 Å². The smallest absolute Gasteiger partial charge is 0.129 e. The molecular weight excluding hydrogens is 402 g/mol. The van der Waals surface area contributed by atoms with Crippen molar-refractivity contribution in [2.24, 2.45) is 0 Å². The molecule has 4 nitrogen and oxygen atoms in total. The van der Waals surface area contributed by atoms with Gasteiger partial charge >= 0.3 is 0 Å².